The van der Waals surface area contributed by atoms with Crippen molar-refractivity contribution in [2.75, 3.05) is 13.1 Å². The molecule has 1 aromatic rings. The number of carbonyl (C=O) groups excluding carboxylic acids is 2. The average Bonchev–Trinajstić information content (AvgIpc) is 3.01. The van der Waals surface area contributed by atoms with Gasteiger partial charge in [-0.15, -0.1) is 0 Å². The fraction of sp³-hybridized carbons (Fsp3) is 0.615. The first-order chi connectivity index (χ1) is 15.7. The van der Waals surface area contributed by atoms with Gasteiger partial charge in [0.15, 0.2) is 11.5 Å². The number of hydrogen-bond donors (Lipinski definition) is 4. The first-order valence-electron chi connectivity index (χ1n) is 12.2. The summed E-state index contributed by atoms with van der Waals surface area (Å²) in [6, 6.07) is 5.16. The first-order valence-corrected chi connectivity index (χ1v) is 12.2. The maximum absolute atomic E-state index is 11.6. The fourth-order valence-electron chi connectivity index (χ4n) is 5.36. The van der Waals surface area contributed by atoms with Gasteiger partial charge in [-0.2, -0.15) is 0 Å². The summed E-state index contributed by atoms with van der Waals surface area (Å²) in [5.41, 5.74) is 1.43. The van der Waals surface area contributed by atoms with Crippen LogP contribution in [0.1, 0.15) is 71.3 Å². The zero-order valence-corrected chi connectivity index (χ0v) is 20.1. The normalized spacial score (nSPS) is 27.6. The number of carbonyl (C=O) groups is 2. The molecule has 3 unspecified atom stereocenters. The first kappa shape index (κ1) is 25.2. The van der Waals surface area contributed by atoms with Gasteiger partial charge in [-0.1, -0.05) is 32.3 Å². The van der Waals surface area contributed by atoms with Crippen molar-refractivity contribution in [3.8, 4) is 11.5 Å². The summed E-state index contributed by atoms with van der Waals surface area (Å²) in [6.45, 7) is 7.56. The third kappa shape index (κ3) is 5.58. The fourth-order valence-corrected chi connectivity index (χ4v) is 5.36. The summed E-state index contributed by atoms with van der Waals surface area (Å²) >= 11 is 0. The van der Waals surface area contributed by atoms with E-state index in [4.69, 9.17) is 0 Å². The summed E-state index contributed by atoms with van der Waals surface area (Å²) in [6.07, 6.45) is 8.48. The number of fused-ring (bicyclic) bond motifs is 1. The minimum Gasteiger partial charge on any atom is -0.504 e. The Labute approximate surface area is 196 Å². The van der Waals surface area contributed by atoms with E-state index in [-0.39, 0.29) is 29.4 Å². The van der Waals surface area contributed by atoms with E-state index < -0.39 is 5.60 Å². The summed E-state index contributed by atoms with van der Waals surface area (Å²) in [5, 5.41) is 33.1. The summed E-state index contributed by atoms with van der Waals surface area (Å²) in [7, 11) is 0. The lowest BCUT2D eigenvalue weighted by atomic mass is 9.66. The SMILES string of the molecule is CC1=C(C)C(=O)NC1=O.CCCCN1CCC2CCCCC2(O)C1Cc1ccc(O)c(O)c1. The van der Waals surface area contributed by atoms with E-state index in [0.29, 0.717) is 17.1 Å². The quantitative estimate of drug-likeness (QED) is 0.398. The van der Waals surface area contributed by atoms with E-state index in [1.54, 1.807) is 26.0 Å². The van der Waals surface area contributed by atoms with Gasteiger partial charge >= 0.3 is 0 Å². The molecule has 2 amide bonds. The van der Waals surface area contributed by atoms with Gasteiger partial charge in [-0.3, -0.25) is 19.8 Å². The average molecular weight is 459 g/mol. The molecule has 0 aromatic heterocycles. The number of nitrogens with one attached hydrogen (secondary N) is 1. The van der Waals surface area contributed by atoms with Crippen LogP contribution >= 0.6 is 0 Å². The highest BCUT2D eigenvalue weighted by atomic mass is 16.3. The molecule has 7 heteroatoms. The van der Waals surface area contributed by atoms with Crippen molar-refractivity contribution in [1.29, 1.82) is 0 Å². The molecule has 1 saturated heterocycles. The minimum absolute atomic E-state index is 0.0735. The molecule has 2 fully saturated rings. The second kappa shape index (κ2) is 10.7. The molecule has 2 heterocycles. The van der Waals surface area contributed by atoms with Gasteiger partial charge in [0.1, 0.15) is 0 Å². The van der Waals surface area contributed by atoms with E-state index in [0.717, 1.165) is 63.6 Å². The van der Waals surface area contributed by atoms with Crippen LogP contribution in [0.3, 0.4) is 0 Å². The number of aromatic hydroxyl groups is 2. The Bertz CT molecular complexity index is 890. The summed E-state index contributed by atoms with van der Waals surface area (Å²) in [4.78, 5) is 23.7. The van der Waals surface area contributed by atoms with E-state index >= 15 is 0 Å². The van der Waals surface area contributed by atoms with Crippen molar-refractivity contribution in [2.24, 2.45) is 5.92 Å². The molecule has 7 nitrogen and oxygen atoms in total. The highest BCUT2D eigenvalue weighted by molar-refractivity contribution is 6.18. The maximum atomic E-state index is 11.6. The van der Waals surface area contributed by atoms with Crippen LogP contribution in [0, 0.1) is 5.92 Å². The van der Waals surface area contributed by atoms with Crippen molar-refractivity contribution < 1.29 is 24.9 Å². The number of likely N-dealkylation sites (tertiary alicyclic amines) is 1. The van der Waals surface area contributed by atoms with Gasteiger partial charge in [0, 0.05) is 17.2 Å². The predicted octanol–water partition coefficient (Wildman–Crippen LogP) is 3.42. The van der Waals surface area contributed by atoms with E-state index in [9.17, 15) is 24.9 Å². The maximum Gasteiger partial charge on any atom is 0.254 e. The van der Waals surface area contributed by atoms with Crippen LogP contribution < -0.4 is 5.32 Å². The number of benzene rings is 1. The van der Waals surface area contributed by atoms with Gasteiger partial charge in [0.2, 0.25) is 0 Å². The lowest BCUT2D eigenvalue weighted by Crippen LogP contribution is -2.63. The lowest BCUT2D eigenvalue weighted by molar-refractivity contribution is -0.140. The van der Waals surface area contributed by atoms with Crippen molar-refractivity contribution in [1.82, 2.24) is 10.2 Å². The van der Waals surface area contributed by atoms with Crippen molar-refractivity contribution in [2.45, 2.75) is 83.8 Å². The van der Waals surface area contributed by atoms with Gasteiger partial charge in [-0.05, 0) is 82.7 Å². The predicted molar refractivity (Wildman–Crippen MR) is 127 cm³/mol. The molecule has 182 valence electrons. The van der Waals surface area contributed by atoms with Crippen LogP contribution in [0.15, 0.2) is 29.3 Å². The molecule has 0 radical (unpaired) electrons. The van der Waals surface area contributed by atoms with Gasteiger partial charge in [-0.25, -0.2) is 0 Å². The Balaban J connectivity index is 0.000000286. The molecule has 0 bridgehead atoms. The standard InChI is InChI=1S/C20H31NO3.C6H7NO2/c1-2-3-11-21-12-9-16-6-4-5-10-20(16,24)19(21)14-15-7-8-17(22)18(23)13-15;1-3-4(2)6(9)7-5(3)8/h7-8,13,16,19,22-24H,2-6,9-12,14H2,1H3;1-2H3,(H,7,8,9). The van der Waals surface area contributed by atoms with Crippen molar-refractivity contribution in [3.63, 3.8) is 0 Å². The Kier molecular flexibility index (Phi) is 8.19. The van der Waals surface area contributed by atoms with Crippen LogP contribution in [-0.4, -0.2) is 56.8 Å². The zero-order valence-electron chi connectivity index (χ0n) is 20.1. The topological polar surface area (TPSA) is 110 Å². The van der Waals surface area contributed by atoms with Crippen LogP contribution in [0.25, 0.3) is 0 Å². The van der Waals surface area contributed by atoms with Crippen LogP contribution in [0.4, 0.5) is 0 Å². The van der Waals surface area contributed by atoms with E-state index in [2.05, 4.69) is 17.1 Å². The molecular formula is C26H38N2O5. The molecule has 1 aromatic carbocycles. The Morgan fingerprint density at radius 1 is 1.06 bits per heavy atom. The zero-order chi connectivity index (χ0) is 24.2. The smallest absolute Gasteiger partial charge is 0.254 e. The number of piperidine rings is 1. The van der Waals surface area contributed by atoms with Crippen molar-refractivity contribution >= 4 is 11.8 Å². The highest BCUT2D eigenvalue weighted by Crippen LogP contribution is 2.44. The number of nitrogens with zero attached hydrogens (tertiary/aromatic N) is 1. The molecular weight excluding hydrogens is 420 g/mol. The molecule has 4 rings (SSSR count). The largest absolute Gasteiger partial charge is 0.504 e. The molecule has 0 spiro atoms. The Hall–Kier alpha value is -2.38. The molecule has 33 heavy (non-hydrogen) atoms. The highest BCUT2D eigenvalue weighted by Gasteiger charge is 2.50. The van der Waals surface area contributed by atoms with Gasteiger partial charge < -0.3 is 15.3 Å². The van der Waals surface area contributed by atoms with Crippen LogP contribution in [0.5, 0.6) is 11.5 Å². The van der Waals surface area contributed by atoms with Gasteiger partial charge in [0.05, 0.1) is 5.60 Å². The number of phenolic OH excluding ortho intramolecular Hbond substituents is 2. The number of aliphatic hydroxyl groups is 1. The molecule has 1 saturated carbocycles. The van der Waals surface area contributed by atoms with E-state index in [1.165, 1.54) is 6.42 Å². The second-order valence-corrected chi connectivity index (χ2v) is 9.69. The summed E-state index contributed by atoms with van der Waals surface area (Å²) < 4.78 is 0. The minimum atomic E-state index is -0.613. The molecule has 1 aliphatic carbocycles. The lowest BCUT2D eigenvalue weighted by Gasteiger charge is -2.54. The second-order valence-electron chi connectivity index (χ2n) is 9.69. The number of rotatable bonds is 5. The molecule has 3 aliphatic rings. The number of unbranched alkanes of at least 4 members (excludes halogenated alkanes) is 1. The Morgan fingerprint density at radius 3 is 2.33 bits per heavy atom. The van der Waals surface area contributed by atoms with Crippen LogP contribution in [0.2, 0.25) is 0 Å². The van der Waals surface area contributed by atoms with Crippen LogP contribution in [-0.2, 0) is 16.0 Å². The third-order valence-corrected chi connectivity index (χ3v) is 7.61. The number of phenols is 2. The number of imide groups is 1. The van der Waals surface area contributed by atoms with Crippen molar-refractivity contribution in [3.05, 3.63) is 34.9 Å². The number of amides is 2. The van der Waals surface area contributed by atoms with E-state index in [1.807, 2.05) is 6.07 Å². The summed E-state index contributed by atoms with van der Waals surface area (Å²) in [5.74, 6) is -0.287. The Morgan fingerprint density at radius 2 is 1.76 bits per heavy atom. The third-order valence-electron chi connectivity index (χ3n) is 7.61. The number of hydrogen-bond acceptors (Lipinski definition) is 6. The molecule has 4 N–H and O–H groups in total. The monoisotopic (exact) mass is 458 g/mol. The van der Waals surface area contributed by atoms with Gasteiger partial charge in [0.25, 0.3) is 11.8 Å². The molecule has 2 aliphatic heterocycles. The molecule has 3 atom stereocenters.